The number of benzene rings is 3. The van der Waals surface area contributed by atoms with Crippen LogP contribution in [-0.2, 0) is 4.79 Å². The molecule has 0 saturated carbocycles. The highest BCUT2D eigenvalue weighted by Gasteiger charge is 2.17. The van der Waals surface area contributed by atoms with Crippen LogP contribution >= 0.6 is 34.8 Å². The van der Waals surface area contributed by atoms with Crippen molar-refractivity contribution in [1.82, 2.24) is 5.32 Å². The normalized spacial score (nSPS) is 11.1. The predicted octanol–water partition coefficient (Wildman–Crippen LogP) is 6.06. The van der Waals surface area contributed by atoms with Crippen molar-refractivity contribution in [2.24, 2.45) is 0 Å². The molecule has 0 heterocycles. The lowest BCUT2D eigenvalue weighted by Gasteiger charge is -2.13. The molecule has 0 fully saturated rings. The molecule has 0 aromatic heterocycles. The lowest BCUT2D eigenvalue weighted by molar-refractivity contribution is -0.113. The standard InChI is InChI=1S/C22H15Cl3N2O2/c23-16-12-18(25)19(13-17(16)24)26-22(29)20(11-14-7-3-1-4-8-14)27-21(28)15-9-5-2-6-10-15/h1-13H,(H,26,29)(H,27,28)/b20-11-. The number of anilines is 1. The highest BCUT2D eigenvalue weighted by Crippen LogP contribution is 2.32. The summed E-state index contributed by atoms with van der Waals surface area (Å²) in [5.41, 5.74) is 1.49. The number of hydrogen-bond donors (Lipinski definition) is 2. The summed E-state index contributed by atoms with van der Waals surface area (Å²) < 4.78 is 0. The predicted molar refractivity (Wildman–Crippen MR) is 118 cm³/mol. The van der Waals surface area contributed by atoms with E-state index >= 15 is 0 Å². The molecule has 0 atom stereocenters. The van der Waals surface area contributed by atoms with Gasteiger partial charge in [-0.1, -0.05) is 83.3 Å². The number of nitrogens with one attached hydrogen (secondary N) is 2. The van der Waals surface area contributed by atoms with E-state index in [1.807, 2.05) is 30.3 Å². The second-order valence-corrected chi connectivity index (χ2v) is 7.21. The zero-order valence-electron chi connectivity index (χ0n) is 15.0. The Morgan fingerprint density at radius 3 is 2.00 bits per heavy atom. The summed E-state index contributed by atoms with van der Waals surface area (Å²) in [6, 6.07) is 20.6. The summed E-state index contributed by atoms with van der Waals surface area (Å²) in [5.74, 6) is -0.971. The molecule has 0 aliphatic heterocycles. The third-order valence-corrected chi connectivity index (χ3v) is 4.93. The molecule has 29 heavy (non-hydrogen) atoms. The Hall–Kier alpha value is -2.79. The average Bonchev–Trinajstić information content (AvgIpc) is 2.72. The Morgan fingerprint density at radius 2 is 1.34 bits per heavy atom. The van der Waals surface area contributed by atoms with Gasteiger partial charge in [-0.15, -0.1) is 0 Å². The van der Waals surface area contributed by atoms with Crippen LogP contribution in [0.15, 0.2) is 78.5 Å². The number of carbonyl (C=O) groups excluding carboxylic acids is 2. The van der Waals surface area contributed by atoms with Crippen molar-refractivity contribution in [2.75, 3.05) is 5.32 Å². The van der Waals surface area contributed by atoms with Crippen LogP contribution in [0.1, 0.15) is 15.9 Å². The van der Waals surface area contributed by atoms with Crippen molar-refractivity contribution in [3.63, 3.8) is 0 Å². The number of rotatable bonds is 5. The minimum atomic E-state index is -0.557. The van der Waals surface area contributed by atoms with Gasteiger partial charge in [0.05, 0.1) is 20.8 Å². The SMILES string of the molecule is O=C(Nc1cc(Cl)c(Cl)cc1Cl)/C(=C/c1ccccc1)NC(=O)c1ccccc1. The van der Waals surface area contributed by atoms with Gasteiger partial charge in [0, 0.05) is 5.56 Å². The highest BCUT2D eigenvalue weighted by atomic mass is 35.5. The van der Waals surface area contributed by atoms with Gasteiger partial charge in [-0.2, -0.15) is 0 Å². The van der Waals surface area contributed by atoms with Crippen LogP contribution < -0.4 is 10.6 Å². The summed E-state index contributed by atoms with van der Waals surface area (Å²) in [6.07, 6.45) is 1.57. The minimum absolute atomic E-state index is 0.0483. The van der Waals surface area contributed by atoms with Crippen LogP contribution in [0.4, 0.5) is 5.69 Å². The molecule has 146 valence electrons. The topological polar surface area (TPSA) is 58.2 Å². The molecule has 2 amide bonds. The van der Waals surface area contributed by atoms with Crippen molar-refractivity contribution in [2.45, 2.75) is 0 Å². The fourth-order valence-electron chi connectivity index (χ4n) is 2.47. The van der Waals surface area contributed by atoms with Crippen molar-refractivity contribution >= 4 is 58.4 Å². The molecule has 0 bridgehead atoms. The smallest absolute Gasteiger partial charge is 0.272 e. The maximum Gasteiger partial charge on any atom is 0.272 e. The van der Waals surface area contributed by atoms with Crippen molar-refractivity contribution in [3.8, 4) is 0 Å². The molecule has 0 aliphatic carbocycles. The molecule has 3 aromatic carbocycles. The molecule has 3 aromatic rings. The van der Waals surface area contributed by atoms with Gasteiger partial charge in [0.15, 0.2) is 0 Å². The molecule has 3 rings (SSSR count). The molecular weight excluding hydrogens is 431 g/mol. The fourth-order valence-corrected chi connectivity index (χ4v) is 3.06. The Kier molecular flexibility index (Phi) is 6.94. The molecule has 0 radical (unpaired) electrons. The molecule has 0 saturated heterocycles. The molecule has 2 N–H and O–H groups in total. The van der Waals surface area contributed by atoms with Crippen LogP contribution in [-0.4, -0.2) is 11.8 Å². The lowest BCUT2D eigenvalue weighted by Crippen LogP contribution is -2.30. The second kappa shape index (κ2) is 9.61. The molecular formula is C22H15Cl3N2O2. The Balaban J connectivity index is 1.90. The maximum atomic E-state index is 12.9. The summed E-state index contributed by atoms with van der Waals surface area (Å²) >= 11 is 18.1. The summed E-state index contributed by atoms with van der Waals surface area (Å²) in [7, 11) is 0. The second-order valence-electron chi connectivity index (χ2n) is 5.99. The first-order valence-corrected chi connectivity index (χ1v) is 9.66. The van der Waals surface area contributed by atoms with E-state index in [1.165, 1.54) is 12.1 Å². The monoisotopic (exact) mass is 444 g/mol. The third-order valence-electron chi connectivity index (χ3n) is 3.90. The molecule has 0 spiro atoms. The van der Waals surface area contributed by atoms with Crippen LogP contribution in [0.2, 0.25) is 15.1 Å². The average molecular weight is 446 g/mol. The van der Waals surface area contributed by atoms with E-state index in [2.05, 4.69) is 10.6 Å². The first-order valence-electron chi connectivity index (χ1n) is 8.53. The van der Waals surface area contributed by atoms with E-state index in [0.717, 1.165) is 5.56 Å². The molecule has 7 heteroatoms. The van der Waals surface area contributed by atoms with Gasteiger partial charge in [-0.05, 0) is 35.9 Å². The van der Waals surface area contributed by atoms with Gasteiger partial charge >= 0.3 is 0 Å². The van der Waals surface area contributed by atoms with E-state index < -0.39 is 11.8 Å². The maximum absolute atomic E-state index is 12.9. The zero-order valence-corrected chi connectivity index (χ0v) is 17.2. The van der Waals surface area contributed by atoms with Gasteiger partial charge in [0.1, 0.15) is 5.70 Å². The number of carbonyl (C=O) groups is 2. The van der Waals surface area contributed by atoms with Crippen LogP contribution in [0, 0.1) is 0 Å². The van der Waals surface area contributed by atoms with Crippen molar-refractivity contribution in [3.05, 3.63) is 105 Å². The summed E-state index contributed by atoms with van der Waals surface area (Å²) in [4.78, 5) is 25.5. The Bertz CT molecular complexity index is 1070. The van der Waals surface area contributed by atoms with E-state index in [9.17, 15) is 9.59 Å². The third kappa shape index (κ3) is 5.61. The van der Waals surface area contributed by atoms with Gasteiger partial charge in [-0.25, -0.2) is 0 Å². The van der Waals surface area contributed by atoms with E-state index in [4.69, 9.17) is 34.8 Å². The van der Waals surface area contributed by atoms with Crippen LogP contribution in [0.3, 0.4) is 0 Å². The lowest BCUT2D eigenvalue weighted by atomic mass is 10.1. The van der Waals surface area contributed by atoms with E-state index in [1.54, 1.807) is 36.4 Å². The van der Waals surface area contributed by atoms with Crippen molar-refractivity contribution < 1.29 is 9.59 Å². The summed E-state index contributed by atoms with van der Waals surface area (Å²) in [5, 5.41) is 6.05. The largest absolute Gasteiger partial charge is 0.319 e. The number of hydrogen-bond acceptors (Lipinski definition) is 2. The van der Waals surface area contributed by atoms with Crippen molar-refractivity contribution in [1.29, 1.82) is 0 Å². The summed E-state index contributed by atoms with van der Waals surface area (Å²) in [6.45, 7) is 0. The van der Waals surface area contributed by atoms with E-state index in [-0.39, 0.29) is 26.5 Å². The molecule has 4 nitrogen and oxygen atoms in total. The number of amides is 2. The van der Waals surface area contributed by atoms with Gasteiger partial charge in [0.2, 0.25) is 0 Å². The minimum Gasteiger partial charge on any atom is -0.319 e. The van der Waals surface area contributed by atoms with Gasteiger partial charge in [0.25, 0.3) is 11.8 Å². The zero-order chi connectivity index (χ0) is 20.8. The van der Waals surface area contributed by atoms with Crippen LogP contribution in [0.25, 0.3) is 6.08 Å². The highest BCUT2D eigenvalue weighted by molar-refractivity contribution is 6.44. The van der Waals surface area contributed by atoms with Crippen LogP contribution in [0.5, 0.6) is 0 Å². The van der Waals surface area contributed by atoms with E-state index in [0.29, 0.717) is 5.56 Å². The molecule has 0 unspecified atom stereocenters. The fraction of sp³-hybridized carbons (Fsp3) is 0. The Morgan fingerprint density at radius 1 is 0.759 bits per heavy atom. The number of halogens is 3. The van der Waals surface area contributed by atoms with Gasteiger partial charge in [-0.3, -0.25) is 9.59 Å². The first-order chi connectivity index (χ1) is 13.9. The molecule has 0 aliphatic rings. The Labute approximate surface area is 183 Å². The first kappa shape index (κ1) is 20.9. The quantitative estimate of drug-likeness (QED) is 0.371. The van der Waals surface area contributed by atoms with Gasteiger partial charge < -0.3 is 10.6 Å².